The van der Waals surface area contributed by atoms with Crippen molar-refractivity contribution in [2.24, 2.45) is 11.3 Å². The maximum atomic E-state index is 9.86. The first-order valence-electron chi connectivity index (χ1n) is 8.55. The molecule has 0 radical (unpaired) electrons. The maximum absolute atomic E-state index is 9.86. The molecule has 2 nitrogen and oxygen atoms in total. The monoisotopic (exact) mass is 268 g/mol. The van der Waals surface area contributed by atoms with Gasteiger partial charge in [0, 0.05) is 12.0 Å². The topological polar surface area (TPSA) is 29.5 Å². The van der Waals surface area contributed by atoms with Crippen LogP contribution in [0.15, 0.2) is 0 Å². The van der Waals surface area contributed by atoms with Crippen molar-refractivity contribution in [3.05, 3.63) is 0 Å². The fourth-order valence-electron chi connectivity index (χ4n) is 3.69. The fourth-order valence-corrected chi connectivity index (χ4v) is 3.69. The molecule has 1 saturated carbocycles. The minimum Gasteiger partial charge on any atom is -0.396 e. The van der Waals surface area contributed by atoms with E-state index in [4.69, 9.17) is 4.74 Å². The molecular weight excluding hydrogens is 236 g/mol. The lowest BCUT2D eigenvalue weighted by Crippen LogP contribution is -2.36. The molecule has 1 saturated heterocycles. The molecule has 0 aromatic carbocycles. The molecule has 0 amide bonds. The number of ether oxygens (including phenoxy) is 1. The number of rotatable bonds is 10. The van der Waals surface area contributed by atoms with E-state index in [0.29, 0.717) is 12.7 Å². The third-order valence-corrected chi connectivity index (χ3v) is 5.14. The van der Waals surface area contributed by atoms with Gasteiger partial charge < -0.3 is 9.84 Å². The Hall–Kier alpha value is -0.0800. The average Bonchev–Trinajstić information content (AvgIpc) is 3.19. The van der Waals surface area contributed by atoms with Crippen LogP contribution in [0, 0.1) is 11.3 Å². The smallest absolute Gasteiger partial charge is 0.0682 e. The van der Waals surface area contributed by atoms with Crippen molar-refractivity contribution in [2.45, 2.75) is 83.7 Å². The summed E-state index contributed by atoms with van der Waals surface area (Å²) in [5.41, 5.74) is 0.116. The number of aliphatic hydroxyl groups is 1. The highest BCUT2D eigenvalue weighted by Crippen LogP contribution is 2.50. The Morgan fingerprint density at radius 1 is 1.05 bits per heavy atom. The molecular formula is C17H32O2. The molecule has 0 bridgehead atoms. The molecule has 2 atom stereocenters. The van der Waals surface area contributed by atoms with Gasteiger partial charge in [0.15, 0.2) is 0 Å². The first kappa shape index (κ1) is 15.3. The molecule has 2 unspecified atom stereocenters. The highest BCUT2D eigenvalue weighted by atomic mass is 16.5. The quantitative estimate of drug-likeness (QED) is 0.598. The number of unbranched alkanes of at least 4 members (excludes halogenated alkanes) is 6. The van der Waals surface area contributed by atoms with E-state index < -0.39 is 0 Å². The van der Waals surface area contributed by atoms with Crippen molar-refractivity contribution in [1.29, 1.82) is 0 Å². The van der Waals surface area contributed by atoms with Gasteiger partial charge in [-0.05, 0) is 31.6 Å². The molecule has 0 spiro atoms. The van der Waals surface area contributed by atoms with Gasteiger partial charge in [-0.3, -0.25) is 0 Å². The number of aliphatic hydroxyl groups excluding tert-OH is 1. The zero-order valence-corrected chi connectivity index (χ0v) is 12.7. The molecule has 1 N–H and O–H groups in total. The summed E-state index contributed by atoms with van der Waals surface area (Å²) < 4.78 is 5.93. The van der Waals surface area contributed by atoms with E-state index >= 15 is 0 Å². The number of hydrogen-bond donors (Lipinski definition) is 1. The SMILES string of the molecule is CCCCCCCCCC1(CO)CCOC1C1CC1. The van der Waals surface area contributed by atoms with Gasteiger partial charge in [0.05, 0.1) is 12.7 Å². The third kappa shape index (κ3) is 4.19. The Balaban J connectivity index is 1.64. The lowest BCUT2D eigenvalue weighted by Gasteiger charge is -2.32. The van der Waals surface area contributed by atoms with Crippen molar-refractivity contribution >= 4 is 0 Å². The van der Waals surface area contributed by atoms with E-state index in [-0.39, 0.29) is 5.41 Å². The standard InChI is InChI=1S/C17H32O2/c1-2-3-4-5-6-7-8-11-17(14-18)12-13-19-16(17)15-9-10-15/h15-16,18H,2-14H2,1H3. The Morgan fingerprint density at radius 3 is 2.37 bits per heavy atom. The van der Waals surface area contributed by atoms with Crippen LogP contribution in [0.5, 0.6) is 0 Å². The molecule has 0 aromatic rings. The van der Waals surface area contributed by atoms with Crippen LogP contribution in [0.2, 0.25) is 0 Å². The minimum absolute atomic E-state index is 0.116. The van der Waals surface area contributed by atoms with Crippen LogP contribution in [-0.2, 0) is 4.74 Å². The van der Waals surface area contributed by atoms with E-state index in [0.717, 1.165) is 18.9 Å². The normalized spacial score (nSPS) is 30.9. The summed E-state index contributed by atoms with van der Waals surface area (Å²) >= 11 is 0. The van der Waals surface area contributed by atoms with Crippen LogP contribution in [0.25, 0.3) is 0 Å². The molecule has 2 aliphatic rings. The van der Waals surface area contributed by atoms with Gasteiger partial charge >= 0.3 is 0 Å². The number of hydrogen-bond acceptors (Lipinski definition) is 2. The van der Waals surface area contributed by atoms with E-state index in [1.54, 1.807) is 0 Å². The molecule has 2 fully saturated rings. The summed E-state index contributed by atoms with van der Waals surface area (Å²) in [4.78, 5) is 0. The summed E-state index contributed by atoms with van der Waals surface area (Å²) in [6, 6.07) is 0. The summed E-state index contributed by atoms with van der Waals surface area (Å²) in [5, 5.41) is 9.86. The van der Waals surface area contributed by atoms with Crippen molar-refractivity contribution < 1.29 is 9.84 Å². The van der Waals surface area contributed by atoms with Crippen LogP contribution in [0.1, 0.15) is 77.6 Å². The highest BCUT2D eigenvalue weighted by molar-refractivity contribution is 4.99. The zero-order chi connectivity index (χ0) is 13.6. The lowest BCUT2D eigenvalue weighted by atomic mass is 9.75. The van der Waals surface area contributed by atoms with Crippen LogP contribution in [0.3, 0.4) is 0 Å². The van der Waals surface area contributed by atoms with Gasteiger partial charge in [-0.1, -0.05) is 51.9 Å². The van der Waals surface area contributed by atoms with Crippen molar-refractivity contribution in [2.75, 3.05) is 13.2 Å². The van der Waals surface area contributed by atoms with Crippen molar-refractivity contribution in [3.8, 4) is 0 Å². The van der Waals surface area contributed by atoms with Crippen molar-refractivity contribution in [1.82, 2.24) is 0 Å². The van der Waals surface area contributed by atoms with Gasteiger partial charge in [-0.2, -0.15) is 0 Å². The van der Waals surface area contributed by atoms with E-state index in [1.165, 1.54) is 64.2 Å². The Kier molecular flexibility index (Phi) is 6.15. The summed E-state index contributed by atoms with van der Waals surface area (Å²) in [6.45, 7) is 3.48. The predicted octanol–water partition coefficient (Wildman–Crippen LogP) is 4.30. The van der Waals surface area contributed by atoms with Crippen LogP contribution in [0.4, 0.5) is 0 Å². The summed E-state index contributed by atoms with van der Waals surface area (Å²) in [5.74, 6) is 0.763. The predicted molar refractivity (Wildman–Crippen MR) is 79.2 cm³/mol. The van der Waals surface area contributed by atoms with E-state index in [9.17, 15) is 5.11 Å². The highest BCUT2D eigenvalue weighted by Gasteiger charge is 2.50. The molecule has 112 valence electrons. The Morgan fingerprint density at radius 2 is 1.74 bits per heavy atom. The third-order valence-electron chi connectivity index (χ3n) is 5.14. The fraction of sp³-hybridized carbons (Fsp3) is 1.00. The van der Waals surface area contributed by atoms with Gasteiger partial charge in [0.2, 0.25) is 0 Å². The Labute approximate surface area is 118 Å². The second kappa shape index (κ2) is 7.64. The lowest BCUT2D eigenvalue weighted by molar-refractivity contribution is -0.00553. The van der Waals surface area contributed by atoms with E-state index in [2.05, 4.69) is 6.92 Å². The molecule has 1 aliphatic heterocycles. The average molecular weight is 268 g/mol. The second-order valence-corrected chi connectivity index (χ2v) is 6.77. The molecule has 2 heteroatoms. The largest absolute Gasteiger partial charge is 0.396 e. The molecule has 0 aromatic heterocycles. The molecule has 1 aliphatic carbocycles. The summed E-state index contributed by atoms with van der Waals surface area (Å²) in [6.07, 6.45) is 14.8. The Bertz CT molecular complexity index is 250. The molecule has 19 heavy (non-hydrogen) atoms. The van der Waals surface area contributed by atoms with Gasteiger partial charge in [-0.25, -0.2) is 0 Å². The first-order chi connectivity index (χ1) is 9.32. The van der Waals surface area contributed by atoms with Crippen LogP contribution >= 0.6 is 0 Å². The molecule has 1 heterocycles. The van der Waals surface area contributed by atoms with Gasteiger partial charge in [0.25, 0.3) is 0 Å². The minimum atomic E-state index is 0.116. The maximum Gasteiger partial charge on any atom is 0.0682 e. The first-order valence-corrected chi connectivity index (χ1v) is 8.55. The second-order valence-electron chi connectivity index (χ2n) is 6.77. The summed E-state index contributed by atoms with van der Waals surface area (Å²) in [7, 11) is 0. The van der Waals surface area contributed by atoms with Gasteiger partial charge in [0.1, 0.15) is 0 Å². The van der Waals surface area contributed by atoms with Crippen LogP contribution in [-0.4, -0.2) is 24.4 Å². The van der Waals surface area contributed by atoms with Crippen LogP contribution < -0.4 is 0 Å². The zero-order valence-electron chi connectivity index (χ0n) is 12.7. The van der Waals surface area contributed by atoms with Crippen molar-refractivity contribution in [3.63, 3.8) is 0 Å². The van der Waals surface area contributed by atoms with E-state index in [1.807, 2.05) is 0 Å². The molecule has 2 rings (SSSR count). The van der Waals surface area contributed by atoms with Gasteiger partial charge in [-0.15, -0.1) is 0 Å².